The highest BCUT2D eigenvalue weighted by atomic mass is 15.0. The topological polar surface area (TPSA) is 13.8 Å². The lowest BCUT2D eigenvalue weighted by atomic mass is 9.78. The highest BCUT2D eigenvalue weighted by Crippen LogP contribution is 2.52. The second-order valence-corrected chi connectivity index (χ2v) is 28.3. The predicted molar refractivity (Wildman–Crippen MR) is 352 cm³/mol. The highest BCUT2D eigenvalue weighted by Gasteiger charge is 2.32. The lowest BCUT2D eigenvalue weighted by Crippen LogP contribution is -2.16. The van der Waals surface area contributed by atoms with Gasteiger partial charge in [0.1, 0.15) is 0 Å². The summed E-state index contributed by atoms with van der Waals surface area (Å²) < 4.78 is 7.76. The molecule has 10 aromatic carbocycles. The maximum absolute atomic E-state index is 2.68. The molecule has 0 unspecified atom stereocenters. The van der Waals surface area contributed by atoms with E-state index < -0.39 is 0 Å². The minimum absolute atomic E-state index is 0.0388. The van der Waals surface area contributed by atoms with Gasteiger partial charge in [-0.3, -0.25) is 0 Å². The molecule has 0 fully saturated rings. The summed E-state index contributed by atoms with van der Waals surface area (Å²) in [4.78, 5) is 0. The minimum Gasteiger partial charge on any atom is -0.311 e. The molecule has 0 amide bonds. The molecule has 5 aromatic heterocycles. The van der Waals surface area contributed by atoms with Gasteiger partial charge in [-0.25, -0.2) is 0 Å². The van der Waals surface area contributed by atoms with Crippen molar-refractivity contribution in [2.45, 2.75) is 111 Å². The van der Waals surface area contributed by atoms with Gasteiger partial charge in [-0.1, -0.05) is 204 Å². The Kier molecular flexibility index (Phi) is 9.90. The summed E-state index contributed by atoms with van der Waals surface area (Å²) in [6.07, 6.45) is 0.927. The SMILES string of the molecule is CC(C)(C)c1cc(-c2cc(-c3ccc4c(c3)c3ccccc3n4-c3ccccc3)c3c(c2)c2cc(-c4cc(C(C)(C)C)cc(C(C)(C)C)c4)cc4c5cc6c(cc5n3c42)c2cccc3c4c(n6c32)Cc2ccccc2-4)cc(C(C)(C)C)c1. The van der Waals surface area contributed by atoms with Crippen LogP contribution in [0.25, 0.3) is 137 Å². The normalized spacial score (nSPS) is 13.6. The molecule has 16 rings (SSSR count). The number of hydrogen-bond acceptors (Lipinski definition) is 0. The van der Waals surface area contributed by atoms with Gasteiger partial charge in [0.05, 0.1) is 38.6 Å². The number of rotatable bonds is 4. The first-order chi connectivity index (χ1) is 39.2. The Hall–Kier alpha value is -8.66. The van der Waals surface area contributed by atoms with Crippen LogP contribution < -0.4 is 0 Å². The summed E-state index contributed by atoms with van der Waals surface area (Å²) >= 11 is 0. The van der Waals surface area contributed by atoms with Gasteiger partial charge in [0.2, 0.25) is 0 Å². The second kappa shape index (κ2) is 16.5. The first-order valence-electron chi connectivity index (χ1n) is 29.7. The fraction of sp³-hybridized carbons (Fsp3) is 0.215. The molecule has 0 aliphatic heterocycles. The molecule has 3 nitrogen and oxygen atoms in total. The van der Waals surface area contributed by atoms with Gasteiger partial charge in [0, 0.05) is 77.4 Å². The number of benzene rings is 10. The summed E-state index contributed by atoms with van der Waals surface area (Å²) in [7, 11) is 0. The van der Waals surface area contributed by atoms with Gasteiger partial charge in [0.15, 0.2) is 0 Å². The van der Waals surface area contributed by atoms with Crippen LogP contribution in [0.5, 0.6) is 0 Å². The molecule has 0 saturated heterocycles. The van der Waals surface area contributed by atoms with Crippen LogP contribution in [0.15, 0.2) is 188 Å². The minimum atomic E-state index is -0.0473. The zero-order valence-corrected chi connectivity index (χ0v) is 49.4. The maximum Gasteiger partial charge on any atom is 0.0621 e. The molecular formula is C79H69N3. The second-order valence-electron chi connectivity index (χ2n) is 28.3. The van der Waals surface area contributed by atoms with Crippen LogP contribution in [0, 0.1) is 0 Å². The van der Waals surface area contributed by atoms with Crippen molar-refractivity contribution in [1.29, 1.82) is 0 Å². The van der Waals surface area contributed by atoms with Crippen LogP contribution in [0.1, 0.15) is 117 Å². The van der Waals surface area contributed by atoms with Gasteiger partial charge in [0.25, 0.3) is 0 Å². The molecule has 1 aliphatic rings. The summed E-state index contributed by atoms with van der Waals surface area (Å²) in [6, 6.07) is 73.3. The van der Waals surface area contributed by atoms with E-state index in [0.717, 1.165) is 12.1 Å². The van der Waals surface area contributed by atoms with E-state index in [-0.39, 0.29) is 21.7 Å². The van der Waals surface area contributed by atoms with E-state index in [1.807, 2.05) is 0 Å². The average molecular weight is 1060 g/mol. The highest BCUT2D eigenvalue weighted by molar-refractivity contribution is 6.30. The first-order valence-corrected chi connectivity index (χ1v) is 29.7. The van der Waals surface area contributed by atoms with Crippen molar-refractivity contribution in [2.75, 3.05) is 0 Å². The van der Waals surface area contributed by atoms with Crippen molar-refractivity contribution < 1.29 is 0 Å². The van der Waals surface area contributed by atoms with Crippen molar-refractivity contribution in [3.63, 3.8) is 0 Å². The Morgan fingerprint density at radius 1 is 0.293 bits per heavy atom. The fourth-order valence-corrected chi connectivity index (χ4v) is 14.4. The van der Waals surface area contributed by atoms with Crippen LogP contribution in [0.4, 0.5) is 0 Å². The maximum atomic E-state index is 2.68. The van der Waals surface area contributed by atoms with Crippen molar-refractivity contribution in [3.05, 3.63) is 222 Å². The average Bonchev–Trinajstić information content (AvgIpc) is 1.61. The molecule has 400 valence electrons. The summed E-state index contributed by atoms with van der Waals surface area (Å²) in [6.45, 7) is 28.3. The fourth-order valence-electron chi connectivity index (χ4n) is 14.4. The predicted octanol–water partition coefficient (Wildman–Crippen LogP) is 21.7. The van der Waals surface area contributed by atoms with E-state index in [0.29, 0.717) is 0 Å². The molecule has 1 aliphatic carbocycles. The zero-order chi connectivity index (χ0) is 56.3. The van der Waals surface area contributed by atoms with Crippen LogP contribution in [0.3, 0.4) is 0 Å². The van der Waals surface area contributed by atoms with Crippen molar-refractivity contribution in [1.82, 2.24) is 13.4 Å². The molecule has 15 aromatic rings. The third kappa shape index (κ3) is 7.01. The lowest BCUT2D eigenvalue weighted by Gasteiger charge is -2.26. The molecular weight excluding hydrogens is 991 g/mol. The molecule has 0 N–H and O–H groups in total. The molecule has 0 saturated carbocycles. The number of nitrogens with zero attached hydrogens (tertiary/aromatic N) is 3. The zero-order valence-electron chi connectivity index (χ0n) is 49.4. The van der Waals surface area contributed by atoms with Gasteiger partial charge in [-0.2, -0.15) is 0 Å². The monoisotopic (exact) mass is 1060 g/mol. The number of fused-ring (bicyclic) bond motifs is 17. The first kappa shape index (κ1) is 49.2. The van der Waals surface area contributed by atoms with Gasteiger partial charge < -0.3 is 13.4 Å². The Labute approximate surface area is 480 Å². The standard InChI is InChI=1S/C79H69N3/c1-76(2,3)51-31-47(32-52(41-51)77(4,5)6)49-36-60(46-29-30-68-61(35-46)57-25-18-19-28-67(57)80(68)55-22-14-13-15-23-55)74-65(38-49)66-39-50(48-33-53(78(7,8)9)42-54(34-48)79(10,11)12)37-64-63-44-69-62(43-70(63)82(74)75(64)66)58-26-20-27-59-72-56-24-17-16-21-45(56)40-71(72)81(69)73(58)59/h13-39,41-44H,40H2,1-12H3. The van der Waals surface area contributed by atoms with E-state index in [4.69, 9.17) is 0 Å². The molecule has 0 atom stereocenters. The summed E-state index contributed by atoms with van der Waals surface area (Å²) in [5, 5.41) is 11.6. The number of aromatic nitrogens is 3. The molecule has 0 radical (unpaired) electrons. The van der Waals surface area contributed by atoms with Crippen LogP contribution in [-0.2, 0) is 28.1 Å². The van der Waals surface area contributed by atoms with E-state index in [2.05, 4.69) is 285 Å². The third-order valence-electron chi connectivity index (χ3n) is 18.9. The van der Waals surface area contributed by atoms with Crippen molar-refractivity contribution in [2.24, 2.45) is 0 Å². The van der Waals surface area contributed by atoms with Crippen LogP contribution >= 0.6 is 0 Å². The van der Waals surface area contributed by atoms with Crippen LogP contribution in [-0.4, -0.2) is 13.4 Å². The Balaban J connectivity index is 1.08. The number of para-hydroxylation sites is 3. The Morgan fingerprint density at radius 3 is 1.40 bits per heavy atom. The summed E-state index contributed by atoms with van der Waals surface area (Å²) in [5.41, 5.74) is 28.3. The van der Waals surface area contributed by atoms with Gasteiger partial charge in [-0.15, -0.1) is 0 Å². The van der Waals surface area contributed by atoms with Crippen molar-refractivity contribution in [3.8, 4) is 50.2 Å². The molecule has 5 heterocycles. The van der Waals surface area contributed by atoms with Gasteiger partial charge >= 0.3 is 0 Å². The van der Waals surface area contributed by atoms with Crippen molar-refractivity contribution >= 4 is 87.1 Å². The van der Waals surface area contributed by atoms with Gasteiger partial charge in [-0.05, 0) is 150 Å². The quantitative estimate of drug-likeness (QED) is 0.167. The molecule has 0 bridgehead atoms. The number of hydrogen-bond donors (Lipinski definition) is 0. The van der Waals surface area contributed by atoms with Crippen LogP contribution in [0.2, 0.25) is 0 Å². The smallest absolute Gasteiger partial charge is 0.0621 e. The van der Waals surface area contributed by atoms with E-state index in [9.17, 15) is 0 Å². The molecule has 3 heteroatoms. The van der Waals surface area contributed by atoms with E-state index >= 15 is 0 Å². The largest absolute Gasteiger partial charge is 0.311 e. The van der Waals surface area contributed by atoms with E-state index in [1.54, 1.807) is 0 Å². The summed E-state index contributed by atoms with van der Waals surface area (Å²) in [5.74, 6) is 0. The third-order valence-corrected chi connectivity index (χ3v) is 18.9. The Morgan fingerprint density at radius 2 is 0.756 bits per heavy atom. The lowest BCUT2D eigenvalue weighted by molar-refractivity contribution is 0.568. The molecule has 82 heavy (non-hydrogen) atoms. The Bertz CT molecular complexity index is 5130. The molecule has 0 spiro atoms. The van der Waals surface area contributed by atoms with E-state index in [1.165, 1.54) is 165 Å².